The minimum absolute atomic E-state index is 0.174. The molecule has 0 atom stereocenters. The summed E-state index contributed by atoms with van der Waals surface area (Å²) >= 11 is 0. The van der Waals surface area contributed by atoms with Gasteiger partial charge in [0, 0.05) is 69.7 Å². The van der Waals surface area contributed by atoms with Crippen molar-refractivity contribution in [1.82, 2.24) is 4.57 Å². The third kappa shape index (κ3) is 11.8. The molecular weight excluding hydrogens is 1350 g/mol. The maximum absolute atomic E-state index is 8.72. The van der Waals surface area contributed by atoms with Gasteiger partial charge in [0.15, 0.2) is 8.07 Å². The summed E-state index contributed by atoms with van der Waals surface area (Å²) in [4.78, 5) is 5.25. The van der Waals surface area contributed by atoms with E-state index in [1.807, 2.05) is 12.1 Å². The Labute approximate surface area is 663 Å². The quantitative estimate of drug-likeness (QED) is 0.0842. The van der Waals surface area contributed by atoms with Crippen molar-refractivity contribution in [3.8, 4) is 72.4 Å². The molecule has 0 spiro atoms. The summed E-state index contributed by atoms with van der Waals surface area (Å²) in [6, 6.07) is 137. The Morgan fingerprint density at radius 3 is 1.07 bits per heavy atom. The van der Waals surface area contributed by atoms with Crippen molar-refractivity contribution in [3.05, 3.63) is 398 Å². The van der Waals surface area contributed by atoms with Crippen molar-refractivity contribution in [3.63, 3.8) is 0 Å². The standard InChI is InChI=1S/C106H86BN3Si/c1-71-49-58-96-92(61-71)93-62-72(2)50-59-97(93)108(96)83-54-57-94-99(70-83)110(104-90(77-39-23-12-24-40-77)66-81(105(3,4)5)67-91(104)78-41-25-13-26-42-78)101-69-82(106(6,7)8)68-100-102(101)107(94)95-65-79(74-51-55-87(56-52-74)111(84-43-27-14-28-44-84,85-45-29-15-30-46-85)86-47-31-16-32-48-86)53-60-98(95)109(100)103-88(75-35-19-10-20-36-75)63-80(73-33-17-9-18-34-73)64-89(103)76-37-21-11-22-38-76/h9-70H,1-8H3/i1D3,2D3. The van der Waals surface area contributed by atoms with E-state index in [-0.39, 0.29) is 16.5 Å². The van der Waals surface area contributed by atoms with E-state index in [0.717, 1.165) is 140 Å². The van der Waals surface area contributed by atoms with Crippen LogP contribution in [0.4, 0.5) is 34.1 Å². The van der Waals surface area contributed by atoms with E-state index in [0.29, 0.717) is 10.8 Å². The largest absolute Gasteiger partial charge is 0.310 e. The highest BCUT2D eigenvalue weighted by atomic mass is 28.3. The van der Waals surface area contributed by atoms with Crippen molar-refractivity contribution in [2.75, 3.05) is 9.80 Å². The maximum atomic E-state index is 8.72. The summed E-state index contributed by atoms with van der Waals surface area (Å²) in [5.41, 5.74) is 26.7. The van der Waals surface area contributed by atoms with Crippen LogP contribution in [-0.4, -0.2) is 19.4 Å². The fourth-order valence-electron chi connectivity index (χ4n) is 17.8. The van der Waals surface area contributed by atoms with Crippen molar-refractivity contribution < 1.29 is 8.22 Å². The van der Waals surface area contributed by atoms with E-state index in [4.69, 9.17) is 8.22 Å². The summed E-state index contributed by atoms with van der Waals surface area (Å²) < 4.78 is 54.5. The van der Waals surface area contributed by atoms with Crippen LogP contribution in [0.25, 0.3) is 94.3 Å². The normalized spacial score (nSPS) is 13.7. The molecule has 0 unspecified atom stereocenters. The third-order valence-electron chi connectivity index (χ3n) is 23.2. The average molecular weight is 1450 g/mol. The van der Waals surface area contributed by atoms with Gasteiger partial charge in [0.25, 0.3) is 6.71 Å². The molecule has 3 nitrogen and oxygen atoms in total. The predicted octanol–water partition coefficient (Wildman–Crippen LogP) is 23.5. The van der Waals surface area contributed by atoms with E-state index in [1.165, 1.54) is 26.3 Å². The molecule has 19 rings (SSSR count). The van der Waals surface area contributed by atoms with Gasteiger partial charge in [-0.05, 0) is 196 Å². The van der Waals surface area contributed by atoms with Gasteiger partial charge in [-0.1, -0.05) is 350 Å². The highest BCUT2D eigenvalue weighted by Gasteiger charge is 2.47. The molecule has 17 aromatic rings. The van der Waals surface area contributed by atoms with Gasteiger partial charge >= 0.3 is 0 Å². The van der Waals surface area contributed by atoms with Gasteiger partial charge in [-0.2, -0.15) is 0 Å². The summed E-state index contributed by atoms with van der Waals surface area (Å²) in [6.45, 7) is 8.64. The molecule has 0 amide bonds. The van der Waals surface area contributed by atoms with Crippen LogP contribution in [0.15, 0.2) is 376 Å². The molecule has 111 heavy (non-hydrogen) atoms. The molecule has 1 aromatic heterocycles. The van der Waals surface area contributed by atoms with Crippen LogP contribution >= 0.6 is 0 Å². The molecule has 2 aliphatic rings. The van der Waals surface area contributed by atoms with Gasteiger partial charge < -0.3 is 14.4 Å². The van der Waals surface area contributed by atoms with Gasteiger partial charge in [0.05, 0.1) is 22.4 Å². The van der Waals surface area contributed by atoms with Gasteiger partial charge in [0.2, 0.25) is 0 Å². The fourth-order valence-corrected chi connectivity index (χ4v) is 22.6. The number of hydrogen-bond acceptors (Lipinski definition) is 2. The first-order chi connectivity index (χ1) is 56.6. The molecule has 0 saturated heterocycles. The molecule has 0 saturated carbocycles. The Hall–Kier alpha value is -12.8. The third-order valence-corrected chi connectivity index (χ3v) is 28.0. The minimum Gasteiger partial charge on any atom is -0.310 e. The molecule has 2 aliphatic heterocycles. The maximum Gasteiger partial charge on any atom is 0.252 e. The van der Waals surface area contributed by atoms with Crippen molar-refractivity contribution >= 4 is 108 Å². The first kappa shape index (κ1) is 62.1. The lowest BCUT2D eigenvalue weighted by Crippen LogP contribution is -2.74. The van der Waals surface area contributed by atoms with Crippen LogP contribution in [0, 0.1) is 13.7 Å². The van der Waals surface area contributed by atoms with Crippen molar-refractivity contribution in [2.24, 2.45) is 0 Å². The molecule has 0 N–H and O–H groups in total. The van der Waals surface area contributed by atoms with Gasteiger partial charge in [-0.15, -0.1) is 0 Å². The second kappa shape index (κ2) is 27.4. The molecule has 16 aromatic carbocycles. The number of benzene rings is 16. The van der Waals surface area contributed by atoms with E-state index in [9.17, 15) is 0 Å². The number of fused-ring (bicyclic) bond motifs is 7. The van der Waals surface area contributed by atoms with Crippen LogP contribution in [0.3, 0.4) is 0 Å². The number of nitrogens with zero attached hydrogens (tertiary/aromatic N) is 3. The second-order valence-corrected chi connectivity index (χ2v) is 35.8. The highest BCUT2D eigenvalue weighted by molar-refractivity contribution is 7.20. The molecule has 532 valence electrons. The Morgan fingerprint density at radius 1 is 0.279 bits per heavy atom. The summed E-state index contributed by atoms with van der Waals surface area (Å²) in [5.74, 6) is 0. The summed E-state index contributed by atoms with van der Waals surface area (Å²) in [7, 11) is -2.93. The highest BCUT2D eigenvalue weighted by Crippen LogP contribution is 2.56. The van der Waals surface area contributed by atoms with Gasteiger partial charge in [0.1, 0.15) is 0 Å². The second-order valence-electron chi connectivity index (χ2n) is 31.9. The first-order valence-electron chi connectivity index (χ1n) is 41.7. The monoisotopic (exact) mass is 1450 g/mol. The van der Waals surface area contributed by atoms with Crippen molar-refractivity contribution in [2.45, 2.75) is 66.1 Å². The zero-order chi connectivity index (χ0) is 80.3. The lowest BCUT2D eigenvalue weighted by molar-refractivity contribution is 0.590. The van der Waals surface area contributed by atoms with Crippen LogP contribution < -0.4 is 46.9 Å². The van der Waals surface area contributed by atoms with Crippen molar-refractivity contribution in [1.29, 1.82) is 0 Å². The number of rotatable bonds is 13. The first-order valence-corrected chi connectivity index (χ1v) is 40.7. The van der Waals surface area contributed by atoms with E-state index < -0.39 is 33.9 Å². The van der Waals surface area contributed by atoms with E-state index in [2.05, 4.69) is 396 Å². The van der Waals surface area contributed by atoms with Gasteiger partial charge in [-0.3, -0.25) is 0 Å². The molecule has 0 bridgehead atoms. The number of anilines is 6. The molecule has 0 fully saturated rings. The van der Waals surface area contributed by atoms with E-state index in [1.54, 1.807) is 24.3 Å². The Kier molecular flexibility index (Phi) is 15.3. The van der Waals surface area contributed by atoms with Crippen LogP contribution in [0.5, 0.6) is 0 Å². The topological polar surface area (TPSA) is 11.4 Å². The SMILES string of the molecule is [2H]C([2H])([2H])c1ccc2c(c1)c1cc(C([2H])([2H])[2H])ccc1n2-c1ccc2c(c1)N(c1c(-c3ccccc3)cc(C(C)(C)C)cc1-c1ccccc1)c1cc(C(C)(C)C)cc3c1B2c1cc(-c2ccc([Si](c4ccccc4)(c4ccccc4)c4ccccc4)cc2)ccc1N3c1c(-c2ccccc2)cc(-c2ccccc2)cc1-c1ccccc1. The fraction of sp³-hybridized carbons (Fsp3) is 0.0943. The Bertz CT molecular complexity index is 6360. The predicted molar refractivity (Wildman–Crippen MR) is 478 cm³/mol. The van der Waals surface area contributed by atoms with Crippen LogP contribution in [0.1, 0.15) is 72.0 Å². The number of aryl methyl sites for hydroxylation is 2. The smallest absolute Gasteiger partial charge is 0.252 e. The zero-order valence-corrected chi connectivity index (χ0v) is 64.2. The minimum atomic E-state index is -2.93. The Morgan fingerprint density at radius 2 is 0.649 bits per heavy atom. The van der Waals surface area contributed by atoms with Gasteiger partial charge in [-0.25, -0.2) is 0 Å². The van der Waals surface area contributed by atoms with E-state index >= 15 is 0 Å². The molecule has 5 heteroatoms. The zero-order valence-electron chi connectivity index (χ0n) is 69.2. The molecule has 0 aliphatic carbocycles. The molecule has 3 heterocycles. The molecular formula is C106H86BN3Si. The lowest BCUT2D eigenvalue weighted by Gasteiger charge is -2.46. The lowest BCUT2D eigenvalue weighted by atomic mass is 9.33. The average Bonchev–Trinajstić information content (AvgIpc) is 0.867. The van der Waals surface area contributed by atoms with Crippen LogP contribution in [-0.2, 0) is 10.8 Å². The van der Waals surface area contributed by atoms with Crippen LogP contribution in [0.2, 0.25) is 0 Å². The number of aromatic nitrogens is 1. The summed E-state index contributed by atoms with van der Waals surface area (Å²) in [5, 5.41) is 6.51. The molecule has 0 radical (unpaired) electrons. The summed E-state index contributed by atoms with van der Waals surface area (Å²) in [6.07, 6.45) is 0. The number of hydrogen-bond donors (Lipinski definition) is 0. The Balaban J connectivity index is 0.963.